The first kappa shape index (κ1) is 8.98. The van der Waals surface area contributed by atoms with Gasteiger partial charge in [-0.2, -0.15) is 0 Å². The molecule has 0 rings (SSSR count). The molecule has 0 fully saturated rings. The molecular formula is C2H5BrMg+2. The van der Waals surface area contributed by atoms with E-state index >= 15 is 0 Å². The molecule has 0 aromatic carbocycles. The SMILES string of the molecule is CCBr.[Mg+2]. The summed E-state index contributed by atoms with van der Waals surface area (Å²) >= 11 is 3.15. The van der Waals surface area contributed by atoms with Gasteiger partial charge < -0.3 is 0 Å². The Morgan fingerprint density at radius 3 is 1.75 bits per heavy atom. The summed E-state index contributed by atoms with van der Waals surface area (Å²) in [6, 6.07) is 0. The summed E-state index contributed by atoms with van der Waals surface area (Å²) in [5.74, 6) is 0. The molecule has 0 unspecified atom stereocenters. The first-order chi connectivity index (χ1) is 1.41. The summed E-state index contributed by atoms with van der Waals surface area (Å²) < 4.78 is 0. The van der Waals surface area contributed by atoms with Crippen LogP contribution in [0.25, 0.3) is 0 Å². The van der Waals surface area contributed by atoms with Gasteiger partial charge in [-0.05, 0) is 0 Å². The normalized spacial score (nSPS) is 4.50. The molecule has 0 amide bonds. The van der Waals surface area contributed by atoms with Gasteiger partial charge in [0, 0.05) is 5.33 Å². The molecule has 0 spiro atoms. The second kappa shape index (κ2) is 8.87. The van der Waals surface area contributed by atoms with Gasteiger partial charge in [0.1, 0.15) is 0 Å². The van der Waals surface area contributed by atoms with Crippen LogP contribution >= 0.6 is 15.9 Å². The van der Waals surface area contributed by atoms with Crippen LogP contribution in [-0.2, 0) is 0 Å². The molecule has 0 N–H and O–H groups in total. The Kier molecular flexibility index (Phi) is 19.9. The minimum Gasteiger partial charge on any atom is -0.0931 e. The quantitative estimate of drug-likeness (QED) is 0.342. The summed E-state index contributed by atoms with van der Waals surface area (Å²) in [5, 5.41) is 1.06. The van der Waals surface area contributed by atoms with Crippen molar-refractivity contribution in [2.75, 3.05) is 5.33 Å². The molecule has 0 aliphatic rings. The van der Waals surface area contributed by atoms with Crippen LogP contribution in [0.2, 0.25) is 0 Å². The van der Waals surface area contributed by atoms with Gasteiger partial charge in [-0.3, -0.25) is 0 Å². The largest absolute Gasteiger partial charge is 2.00 e. The number of halogens is 1. The molecule has 0 aromatic rings. The van der Waals surface area contributed by atoms with Crippen LogP contribution < -0.4 is 0 Å². The molecular weight excluding hydrogens is 128 g/mol. The summed E-state index contributed by atoms with van der Waals surface area (Å²) in [6.45, 7) is 2.04. The maximum Gasteiger partial charge on any atom is 2.00 e. The third kappa shape index (κ3) is 10.5. The van der Waals surface area contributed by atoms with Gasteiger partial charge >= 0.3 is 23.1 Å². The van der Waals surface area contributed by atoms with E-state index in [0.717, 1.165) is 5.33 Å². The Morgan fingerprint density at radius 2 is 1.75 bits per heavy atom. The van der Waals surface area contributed by atoms with E-state index in [9.17, 15) is 0 Å². The van der Waals surface area contributed by atoms with E-state index in [-0.39, 0.29) is 23.1 Å². The topological polar surface area (TPSA) is 0 Å². The Balaban J connectivity index is 0. The minimum absolute atomic E-state index is 0. The van der Waals surface area contributed by atoms with Gasteiger partial charge in [-0.1, -0.05) is 22.9 Å². The zero-order chi connectivity index (χ0) is 2.71. The van der Waals surface area contributed by atoms with E-state index < -0.39 is 0 Å². The Labute approximate surface area is 51.2 Å². The fourth-order valence-corrected chi connectivity index (χ4v) is 0. The summed E-state index contributed by atoms with van der Waals surface area (Å²) in [4.78, 5) is 0. The summed E-state index contributed by atoms with van der Waals surface area (Å²) in [5.41, 5.74) is 0. The van der Waals surface area contributed by atoms with Crippen molar-refractivity contribution < 1.29 is 0 Å². The number of hydrogen-bond acceptors (Lipinski definition) is 0. The van der Waals surface area contributed by atoms with Gasteiger partial charge in [-0.15, -0.1) is 0 Å². The zero-order valence-electron chi connectivity index (χ0n) is 2.79. The van der Waals surface area contributed by atoms with E-state index in [1.807, 2.05) is 6.92 Å². The summed E-state index contributed by atoms with van der Waals surface area (Å²) in [6.07, 6.45) is 0. The predicted molar refractivity (Wildman–Crippen MR) is 25.2 cm³/mol. The fourth-order valence-electron chi connectivity index (χ4n) is 0. The van der Waals surface area contributed by atoms with E-state index in [1.54, 1.807) is 0 Å². The van der Waals surface area contributed by atoms with Crippen molar-refractivity contribution in [2.45, 2.75) is 6.92 Å². The average Bonchev–Trinajstić information content (AvgIpc) is 0.918. The van der Waals surface area contributed by atoms with Crippen LogP contribution in [0.3, 0.4) is 0 Å². The van der Waals surface area contributed by atoms with Gasteiger partial charge in [0.25, 0.3) is 0 Å². The first-order valence-corrected chi connectivity index (χ1v) is 2.10. The second-order valence-corrected chi connectivity index (χ2v) is 1.39. The third-order valence-corrected chi connectivity index (χ3v) is 0. The molecule has 4 heavy (non-hydrogen) atoms. The monoisotopic (exact) mass is 132 g/mol. The van der Waals surface area contributed by atoms with Crippen LogP contribution in [0.15, 0.2) is 0 Å². The van der Waals surface area contributed by atoms with Crippen molar-refractivity contribution in [3.05, 3.63) is 0 Å². The Hall–Kier alpha value is 1.25. The second-order valence-electron chi connectivity index (χ2n) is 0.267. The van der Waals surface area contributed by atoms with Crippen LogP contribution in [-0.4, -0.2) is 28.4 Å². The molecule has 0 bridgehead atoms. The van der Waals surface area contributed by atoms with Crippen molar-refractivity contribution in [3.63, 3.8) is 0 Å². The van der Waals surface area contributed by atoms with Crippen LogP contribution in [0.1, 0.15) is 6.92 Å². The Morgan fingerprint density at radius 1 is 1.75 bits per heavy atom. The molecule has 0 heterocycles. The molecule has 0 aliphatic carbocycles. The number of rotatable bonds is 0. The first-order valence-electron chi connectivity index (χ1n) is 0.974. The van der Waals surface area contributed by atoms with Crippen molar-refractivity contribution in [3.8, 4) is 0 Å². The molecule has 0 saturated heterocycles. The molecule has 0 saturated carbocycles. The zero-order valence-corrected chi connectivity index (χ0v) is 5.79. The fraction of sp³-hybridized carbons (Fsp3) is 1.00. The maximum absolute atomic E-state index is 3.15. The van der Waals surface area contributed by atoms with Crippen molar-refractivity contribution in [1.29, 1.82) is 0 Å². The molecule has 0 radical (unpaired) electrons. The smallest absolute Gasteiger partial charge is 0.0931 e. The van der Waals surface area contributed by atoms with Gasteiger partial charge in [-0.25, -0.2) is 0 Å². The molecule has 0 atom stereocenters. The van der Waals surface area contributed by atoms with Crippen molar-refractivity contribution in [1.82, 2.24) is 0 Å². The Bertz CT molecular complexity index is 6.00. The van der Waals surface area contributed by atoms with Crippen LogP contribution in [0.5, 0.6) is 0 Å². The minimum atomic E-state index is 0. The van der Waals surface area contributed by atoms with E-state index in [1.165, 1.54) is 0 Å². The van der Waals surface area contributed by atoms with Crippen LogP contribution in [0, 0.1) is 0 Å². The van der Waals surface area contributed by atoms with E-state index in [2.05, 4.69) is 15.9 Å². The molecule has 0 nitrogen and oxygen atoms in total. The number of hydrogen-bond donors (Lipinski definition) is 0. The van der Waals surface area contributed by atoms with Crippen molar-refractivity contribution >= 4 is 39.0 Å². The average molecular weight is 133 g/mol. The third-order valence-electron chi connectivity index (χ3n) is 0. The van der Waals surface area contributed by atoms with Crippen molar-refractivity contribution in [2.24, 2.45) is 0 Å². The molecule has 0 aromatic heterocycles. The van der Waals surface area contributed by atoms with Gasteiger partial charge in [0.15, 0.2) is 0 Å². The molecule has 20 valence electrons. The molecule has 2 heteroatoms. The number of alkyl halides is 1. The summed E-state index contributed by atoms with van der Waals surface area (Å²) in [7, 11) is 0. The molecule has 0 aliphatic heterocycles. The van der Waals surface area contributed by atoms with E-state index in [4.69, 9.17) is 0 Å². The van der Waals surface area contributed by atoms with Gasteiger partial charge in [0.05, 0.1) is 0 Å². The predicted octanol–water partition coefficient (Wildman–Crippen LogP) is 1.02. The van der Waals surface area contributed by atoms with Crippen LogP contribution in [0.4, 0.5) is 0 Å². The standard InChI is InChI=1S/C2H5Br.Mg/c1-2-3;/h2H2,1H3;/q;+2. The maximum atomic E-state index is 3.15. The van der Waals surface area contributed by atoms with Gasteiger partial charge in [0.2, 0.25) is 0 Å². The van der Waals surface area contributed by atoms with E-state index in [0.29, 0.717) is 0 Å².